The van der Waals surface area contributed by atoms with Gasteiger partial charge in [0.05, 0.1) is 0 Å². The molecule has 0 saturated carbocycles. The first-order valence-corrected chi connectivity index (χ1v) is 7.64. The van der Waals surface area contributed by atoms with Crippen LogP contribution >= 0.6 is 0 Å². The number of ether oxygens (including phenoxy) is 2. The summed E-state index contributed by atoms with van der Waals surface area (Å²) in [6.45, 7) is 8.36. The lowest BCUT2D eigenvalue weighted by molar-refractivity contribution is 0.174. The highest BCUT2D eigenvalue weighted by atomic mass is 16.7. The quantitative estimate of drug-likeness (QED) is 0.916. The number of hydrogen-bond acceptors (Lipinski definition) is 4. The third-order valence-electron chi connectivity index (χ3n) is 4.34. The molecule has 1 aromatic rings. The van der Waals surface area contributed by atoms with Crippen molar-refractivity contribution < 1.29 is 9.47 Å². The number of hydrogen-bond donors (Lipinski definition) is 1. The molecule has 0 radical (unpaired) electrons. The van der Waals surface area contributed by atoms with Crippen LogP contribution in [0.2, 0.25) is 0 Å². The zero-order chi connectivity index (χ0) is 13.9. The SMILES string of the molecule is CCN1CCCC(NC(C)c2ccc3c(c2)OCO3)C1. The van der Waals surface area contributed by atoms with E-state index in [0.717, 1.165) is 24.6 Å². The van der Waals surface area contributed by atoms with Crippen molar-refractivity contribution in [3.05, 3.63) is 23.8 Å². The smallest absolute Gasteiger partial charge is 0.231 e. The molecule has 0 amide bonds. The first-order valence-electron chi connectivity index (χ1n) is 7.64. The zero-order valence-corrected chi connectivity index (χ0v) is 12.4. The Bertz CT molecular complexity index is 464. The summed E-state index contributed by atoms with van der Waals surface area (Å²) in [6.07, 6.45) is 2.56. The molecular weight excluding hydrogens is 252 g/mol. The zero-order valence-electron chi connectivity index (χ0n) is 12.4. The third-order valence-corrected chi connectivity index (χ3v) is 4.34. The van der Waals surface area contributed by atoms with Crippen molar-refractivity contribution in [1.82, 2.24) is 10.2 Å². The van der Waals surface area contributed by atoms with E-state index in [2.05, 4.69) is 36.2 Å². The lowest BCUT2D eigenvalue weighted by Crippen LogP contribution is -2.46. The monoisotopic (exact) mass is 276 g/mol. The van der Waals surface area contributed by atoms with Gasteiger partial charge in [-0.2, -0.15) is 0 Å². The fourth-order valence-electron chi connectivity index (χ4n) is 3.11. The second kappa shape index (κ2) is 6.02. The molecule has 2 aliphatic rings. The van der Waals surface area contributed by atoms with E-state index in [9.17, 15) is 0 Å². The summed E-state index contributed by atoms with van der Waals surface area (Å²) in [5.74, 6) is 1.73. The maximum absolute atomic E-state index is 5.46. The van der Waals surface area contributed by atoms with Gasteiger partial charge in [0.2, 0.25) is 6.79 Å². The first kappa shape index (κ1) is 13.7. The predicted octanol–water partition coefficient (Wildman–Crippen LogP) is 2.55. The van der Waals surface area contributed by atoms with Crippen LogP contribution in [0.4, 0.5) is 0 Å². The lowest BCUT2D eigenvalue weighted by atomic mass is 10.0. The van der Waals surface area contributed by atoms with Crippen molar-refractivity contribution in [2.45, 2.75) is 38.8 Å². The molecule has 110 valence electrons. The second-order valence-electron chi connectivity index (χ2n) is 5.73. The Kier molecular flexibility index (Phi) is 4.13. The number of benzene rings is 1. The Balaban J connectivity index is 1.62. The minimum atomic E-state index is 0.339. The Labute approximate surface area is 121 Å². The lowest BCUT2D eigenvalue weighted by Gasteiger charge is -2.34. The van der Waals surface area contributed by atoms with Crippen molar-refractivity contribution in [3.63, 3.8) is 0 Å². The van der Waals surface area contributed by atoms with Crippen LogP contribution in [-0.4, -0.2) is 37.4 Å². The molecule has 2 unspecified atom stereocenters. The van der Waals surface area contributed by atoms with Crippen LogP contribution in [0.1, 0.15) is 38.3 Å². The molecule has 3 rings (SSSR count). The molecule has 2 heterocycles. The number of rotatable bonds is 4. The van der Waals surface area contributed by atoms with Crippen molar-refractivity contribution >= 4 is 0 Å². The van der Waals surface area contributed by atoms with Crippen molar-refractivity contribution in [2.75, 3.05) is 26.4 Å². The number of nitrogens with one attached hydrogen (secondary N) is 1. The standard InChI is InChI=1S/C16H24N2O2/c1-3-18-8-4-5-14(10-18)17-12(2)13-6-7-15-16(9-13)20-11-19-15/h6-7,9,12,14,17H,3-5,8,10-11H2,1-2H3. The summed E-state index contributed by atoms with van der Waals surface area (Å²) in [6, 6.07) is 7.16. The van der Waals surface area contributed by atoms with E-state index < -0.39 is 0 Å². The Hall–Kier alpha value is -1.26. The highest BCUT2D eigenvalue weighted by Crippen LogP contribution is 2.34. The van der Waals surface area contributed by atoms with E-state index in [1.165, 1.54) is 24.9 Å². The second-order valence-corrected chi connectivity index (χ2v) is 5.73. The Morgan fingerprint density at radius 2 is 2.20 bits per heavy atom. The van der Waals surface area contributed by atoms with Gasteiger partial charge in [-0.05, 0) is 50.6 Å². The van der Waals surface area contributed by atoms with Crippen LogP contribution in [0.5, 0.6) is 11.5 Å². The van der Waals surface area contributed by atoms with Crippen LogP contribution in [0, 0.1) is 0 Å². The van der Waals surface area contributed by atoms with Gasteiger partial charge in [-0.1, -0.05) is 13.0 Å². The number of piperidine rings is 1. The maximum atomic E-state index is 5.46. The van der Waals surface area contributed by atoms with Gasteiger partial charge in [0.25, 0.3) is 0 Å². The largest absolute Gasteiger partial charge is 0.454 e. The topological polar surface area (TPSA) is 33.7 Å². The summed E-state index contributed by atoms with van der Waals surface area (Å²) in [5, 5.41) is 3.75. The highest BCUT2D eigenvalue weighted by molar-refractivity contribution is 5.45. The molecule has 1 saturated heterocycles. The van der Waals surface area contributed by atoms with Crippen molar-refractivity contribution in [2.24, 2.45) is 0 Å². The molecule has 1 fully saturated rings. The molecule has 0 spiro atoms. The molecule has 1 aromatic carbocycles. The van der Waals surface area contributed by atoms with Crippen LogP contribution < -0.4 is 14.8 Å². The Morgan fingerprint density at radius 3 is 3.05 bits per heavy atom. The van der Waals surface area contributed by atoms with E-state index in [4.69, 9.17) is 9.47 Å². The number of nitrogens with zero attached hydrogens (tertiary/aromatic N) is 1. The Morgan fingerprint density at radius 1 is 1.35 bits per heavy atom. The average Bonchev–Trinajstić information content (AvgIpc) is 2.94. The van der Waals surface area contributed by atoms with Crippen molar-refractivity contribution in [3.8, 4) is 11.5 Å². The minimum Gasteiger partial charge on any atom is -0.454 e. The third kappa shape index (κ3) is 2.91. The average molecular weight is 276 g/mol. The van der Waals surface area contributed by atoms with E-state index in [0.29, 0.717) is 18.9 Å². The summed E-state index contributed by atoms with van der Waals surface area (Å²) in [4.78, 5) is 2.52. The van der Waals surface area contributed by atoms with Gasteiger partial charge >= 0.3 is 0 Å². The molecule has 1 N–H and O–H groups in total. The molecule has 2 aliphatic heterocycles. The number of likely N-dealkylation sites (N-methyl/N-ethyl adjacent to an activating group) is 1. The van der Waals surface area contributed by atoms with E-state index in [-0.39, 0.29) is 0 Å². The molecule has 0 aliphatic carbocycles. The predicted molar refractivity (Wildman–Crippen MR) is 79.3 cm³/mol. The molecule has 4 heteroatoms. The number of fused-ring (bicyclic) bond motifs is 1. The van der Waals surface area contributed by atoms with E-state index in [1.54, 1.807) is 0 Å². The van der Waals surface area contributed by atoms with Gasteiger partial charge in [-0.3, -0.25) is 0 Å². The van der Waals surface area contributed by atoms with Gasteiger partial charge in [-0.25, -0.2) is 0 Å². The van der Waals surface area contributed by atoms with Gasteiger partial charge < -0.3 is 19.7 Å². The van der Waals surface area contributed by atoms with Crippen LogP contribution in [0.3, 0.4) is 0 Å². The summed E-state index contributed by atoms with van der Waals surface area (Å²) in [5.41, 5.74) is 1.27. The molecule has 4 nitrogen and oxygen atoms in total. The van der Waals surface area contributed by atoms with Gasteiger partial charge in [0, 0.05) is 18.6 Å². The first-order chi connectivity index (χ1) is 9.76. The van der Waals surface area contributed by atoms with Gasteiger partial charge in [0.1, 0.15) is 0 Å². The molecular formula is C16H24N2O2. The fourth-order valence-corrected chi connectivity index (χ4v) is 3.11. The molecule has 0 bridgehead atoms. The molecule has 0 aromatic heterocycles. The van der Waals surface area contributed by atoms with Gasteiger partial charge in [-0.15, -0.1) is 0 Å². The number of likely N-dealkylation sites (tertiary alicyclic amines) is 1. The molecule has 20 heavy (non-hydrogen) atoms. The van der Waals surface area contributed by atoms with Crippen LogP contribution in [-0.2, 0) is 0 Å². The summed E-state index contributed by atoms with van der Waals surface area (Å²) in [7, 11) is 0. The summed E-state index contributed by atoms with van der Waals surface area (Å²) >= 11 is 0. The maximum Gasteiger partial charge on any atom is 0.231 e. The fraction of sp³-hybridized carbons (Fsp3) is 0.625. The highest BCUT2D eigenvalue weighted by Gasteiger charge is 2.21. The minimum absolute atomic E-state index is 0.339. The van der Waals surface area contributed by atoms with Crippen LogP contribution in [0.25, 0.3) is 0 Å². The van der Waals surface area contributed by atoms with Crippen molar-refractivity contribution in [1.29, 1.82) is 0 Å². The normalized spacial score (nSPS) is 23.8. The molecule has 2 atom stereocenters. The van der Waals surface area contributed by atoms with E-state index >= 15 is 0 Å². The summed E-state index contributed by atoms with van der Waals surface area (Å²) < 4.78 is 10.8. The van der Waals surface area contributed by atoms with E-state index in [1.807, 2.05) is 6.07 Å². The van der Waals surface area contributed by atoms with Crippen LogP contribution in [0.15, 0.2) is 18.2 Å². The van der Waals surface area contributed by atoms with Gasteiger partial charge in [0.15, 0.2) is 11.5 Å².